The number of piperazine rings is 1. The fraction of sp³-hybridized carbons (Fsp3) is 0.360. The summed E-state index contributed by atoms with van der Waals surface area (Å²) < 4.78 is 21.1. The Morgan fingerprint density at radius 2 is 1.91 bits per heavy atom. The van der Waals surface area contributed by atoms with Crippen LogP contribution in [0.4, 0.5) is 10.1 Å². The molecule has 0 saturated carbocycles. The summed E-state index contributed by atoms with van der Waals surface area (Å²) in [5.41, 5.74) is 2.16. The third-order valence-electron chi connectivity index (χ3n) is 6.19. The molecule has 174 valence electrons. The highest BCUT2D eigenvalue weighted by Gasteiger charge is 2.32. The number of aromatic nitrogens is 2. The van der Waals surface area contributed by atoms with E-state index in [9.17, 15) is 14.3 Å². The molecule has 1 atom stereocenters. The van der Waals surface area contributed by atoms with Crippen LogP contribution in [0.3, 0.4) is 0 Å². The van der Waals surface area contributed by atoms with Crippen molar-refractivity contribution < 1.29 is 14.2 Å². The molecule has 0 amide bonds. The Morgan fingerprint density at radius 3 is 2.58 bits per heavy atom. The van der Waals surface area contributed by atoms with Crippen molar-refractivity contribution in [3.8, 4) is 5.75 Å². The molecule has 0 aliphatic carbocycles. The topological polar surface area (TPSA) is 70.8 Å². The molecule has 0 radical (unpaired) electrons. The Kier molecular flexibility index (Phi) is 7.05. The monoisotopic (exact) mass is 452 g/mol. The molecule has 1 aromatic carbocycles. The predicted molar refractivity (Wildman–Crippen MR) is 125 cm³/mol. The van der Waals surface area contributed by atoms with Crippen LogP contribution in [0, 0.1) is 12.7 Å². The van der Waals surface area contributed by atoms with E-state index >= 15 is 0 Å². The van der Waals surface area contributed by atoms with Gasteiger partial charge in [-0.05, 0) is 36.8 Å². The molecule has 7 nitrogen and oxygen atoms in total. The van der Waals surface area contributed by atoms with Crippen molar-refractivity contribution >= 4 is 5.69 Å². The highest BCUT2D eigenvalue weighted by Crippen LogP contribution is 2.33. The van der Waals surface area contributed by atoms with Crippen LogP contribution in [0.25, 0.3) is 0 Å². The molecule has 0 bridgehead atoms. The van der Waals surface area contributed by atoms with E-state index < -0.39 is 6.04 Å². The first-order valence-electron chi connectivity index (χ1n) is 11.1. The van der Waals surface area contributed by atoms with Gasteiger partial charge in [-0.25, -0.2) is 4.39 Å². The minimum Gasteiger partial charge on any atom is -0.507 e. The Bertz CT molecular complexity index is 1140. The van der Waals surface area contributed by atoms with Crippen molar-refractivity contribution in [2.75, 3.05) is 44.8 Å². The molecular weight excluding hydrogens is 423 g/mol. The summed E-state index contributed by atoms with van der Waals surface area (Å²) in [6.07, 6.45) is 3.41. The van der Waals surface area contributed by atoms with Crippen molar-refractivity contribution in [1.29, 1.82) is 0 Å². The Morgan fingerprint density at radius 1 is 1.15 bits per heavy atom. The summed E-state index contributed by atoms with van der Waals surface area (Å²) in [6, 6.07) is 11.7. The number of aryl methyl sites for hydroxylation is 1. The maximum absolute atomic E-state index is 14.3. The molecule has 1 aliphatic heterocycles. The second-order valence-corrected chi connectivity index (χ2v) is 8.20. The molecule has 0 spiro atoms. The average Bonchev–Trinajstić information content (AvgIpc) is 2.83. The van der Waals surface area contributed by atoms with Gasteiger partial charge >= 0.3 is 0 Å². The highest BCUT2D eigenvalue weighted by molar-refractivity contribution is 5.48. The number of pyridine rings is 2. The predicted octanol–water partition coefficient (Wildman–Crippen LogP) is 2.95. The van der Waals surface area contributed by atoms with Gasteiger partial charge in [0.25, 0.3) is 5.56 Å². The third kappa shape index (κ3) is 4.77. The molecule has 1 N–H and O–H groups in total. The Balaban J connectivity index is 1.70. The number of hydrogen-bond donors (Lipinski definition) is 1. The summed E-state index contributed by atoms with van der Waals surface area (Å²) in [7, 11) is 1.59. The molecule has 33 heavy (non-hydrogen) atoms. The number of rotatable bonds is 7. The van der Waals surface area contributed by atoms with Gasteiger partial charge in [0.2, 0.25) is 0 Å². The molecule has 1 fully saturated rings. The van der Waals surface area contributed by atoms with Gasteiger partial charge in [0.15, 0.2) is 0 Å². The maximum Gasteiger partial charge on any atom is 0.259 e. The molecule has 2 aromatic heterocycles. The number of methoxy groups -OCH3 is 1. The van der Waals surface area contributed by atoms with Crippen LogP contribution in [-0.2, 0) is 11.3 Å². The number of hydrogen-bond acceptors (Lipinski definition) is 6. The minimum absolute atomic E-state index is 0.0310. The normalized spacial score (nSPS) is 15.5. The van der Waals surface area contributed by atoms with E-state index in [2.05, 4.69) is 9.88 Å². The average molecular weight is 453 g/mol. The lowest BCUT2D eigenvalue weighted by Gasteiger charge is -2.40. The van der Waals surface area contributed by atoms with Gasteiger partial charge < -0.3 is 19.3 Å². The van der Waals surface area contributed by atoms with Crippen molar-refractivity contribution in [3.05, 3.63) is 87.9 Å². The fourth-order valence-corrected chi connectivity index (χ4v) is 4.51. The molecular formula is C25H29FN4O3. The van der Waals surface area contributed by atoms with Crippen LogP contribution in [0.1, 0.15) is 22.9 Å². The second-order valence-electron chi connectivity index (χ2n) is 8.20. The lowest BCUT2D eigenvalue weighted by atomic mass is 9.97. The number of halogens is 1. The van der Waals surface area contributed by atoms with E-state index in [1.54, 1.807) is 49.2 Å². The molecule has 3 aromatic rings. The first-order chi connectivity index (χ1) is 16.0. The largest absolute Gasteiger partial charge is 0.507 e. The van der Waals surface area contributed by atoms with Crippen molar-refractivity contribution in [2.24, 2.45) is 0 Å². The van der Waals surface area contributed by atoms with Gasteiger partial charge in [-0.1, -0.05) is 18.2 Å². The molecule has 4 rings (SSSR count). The number of aromatic hydroxyl groups is 1. The number of benzene rings is 1. The summed E-state index contributed by atoms with van der Waals surface area (Å²) in [5.74, 6) is -0.275. The summed E-state index contributed by atoms with van der Waals surface area (Å²) >= 11 is 0. The second kappa shape index (κ2) is 10.1. The van der Waals surface area contributed by atoms with Gasteiger partial charge in [-0.15, -0.1) is 0 Å². The quantitative estimate of drug-likeness (QED) is 0.595. The van der Waals surface area contributed by atoms with Gasteiger partial charge in [0.05, 0.1) is 23.9 Å². The maximum atomic E-state index is 14.3. The summed E-state index contributed by atoms with van der Waals surface area (Å²) in [6.45, 7) is 4.98. The number of nitrogens with zero attached hydrogens (tertiary/aromatic N) is 4. The lowest BCUT2D eigenvalue weighted by Crippen LogP contribution is -2.49. The first kappa shape index (κ1) is 22.9. The summed E-state index contributed by atoms with van der Waals surface area (Å²) in [4.78, 5) is 22.0. The number of anilines is 1. The first-order valence-corrected chi connectivity index (χ1v) is 11.1. The number of para-hydroxylation sites is 1. The highest BCUT2D eigenvalue weighted by atomic mass is 19.1. The molecule has 0 unspecified atom stereocenters. The van der Waals surface area contributed by atoms with E-state index in [4.69, 9.17) is 4.74 Å². The van der Waals surface area contributed by atoms with Crippen LogP contribution in [-0.4, -0.2) is 59.5 Å². The lowest BCUT2D eigenvalue weighted by molar-refractivity contribution is 0.183. The smallest absolute Gasteiger partial charge is 0.259 e. The van der Waals surface area contributed by atoms with Gasteiger partial charge in [-0.3, -0.25) is 14.7 Å². The van der Waals surface area contributed by atoms with Crippen molar-refractivity contribution in [3.63, 3.8) is 0 Å². The van der Waals surface area contributed by atoms with E-state index in [1.807, 2.05) is 23.1 Å². The van der Waals surface area contributed by atoms with E-state index in [1.165, 1.54) is 6.07 Å². The van der Waals surface area contributed by atoms with Gasteiger partial charge in [-0.2, -0.15) is 0 Å². The van der Waals surface area contributed by atoms with E-state index in [0.717, 1.165) is 5.56 Å². The van der Waals surface area contributed by atoms with Gasteiger partial charge in [0.1, 0.15) is 11.6 Å². The third-order valence-corrected chi connectivity index (χ3v) is 6.19. The van der Waals surface area contributed by atoms with Crippen molar-refractivity contribution in [1.82, 2.24) is 14.5 Å². The van der Waals surface area contributed by atoms with Crippen LogP contribution >= 0.6 is 0 Å². The van der Waals surface area contributed by atoms with Crippen LogP contribution < -0.4 is 10.5 Å². The minimum atomic E-state index is -0.469. The molecule has 8 heteroatoms. The van der Waals surface area contributed by atoms with Crippen LogP contribution in [0.15, 0.2) is 59.7 Å². The SMILES string of the molecule is COCCn1c(C)cc(O)c([C@@H](c2cccnc2)N2CCN(c3ccccc3F)CC2)c1=O. The summed E-state index contributed by atoms with van der Waals surface area (Å²) in [5, 5.41) is 10.9. The van der Waals surface area contributed by atoms with E-state index in [0.29, 0.717) is 56.3 Å². The van der Waals surface area contributed by atoms with Crippen LogP contribution in [0.2, 0.25) is 0 Å². The zero-order valence-electron chi connectivity index (χ0n) is 18.9. The van der Waals surface area contributed by atoms with Crippen molar-refractivity contribution in [2.45, 2.75) is 19.5 Å². The van der Waals surface area contributed by atoms with Gasteiger partial charge in [0, 0.05) is 57.9 Å². The molecule has 3 heterocycles. The zero-order chi connectivity index (χ0) is 23.4. The molecule has 1 aliphatic rings. The standard InChI is InChI=1S/C25H29FN4O3/c1-18-16-22(31)23(25(32)30(18)14-15-33-2)24(19-6-5-9-27-17-19)29-12-10-28(11-13-29)21-8-4-3-7-20(21)26/h3-9,16-17,24,31H,10-15H2,1-2H3/t24-/m1/s1. The van der Waals surface area contributed by atoms with Crippen LogP contribution in [0.5, 0.6) is 5.75 Å². The van der Waals surface area contributed by atoms with E-state index in [-0.39, 0.29) is 17.1 Å². The molecule has 1 saturated heterocycles. The zero-order valence-corrected chi connectivity index (χ0v) is 18.9. The Labute approximate surface area is 192 Å². The Hall–Kier alpha value is -3.23. The fourth-order valence-electron chi connectivity index (χ4n) is 4.51. The number of ether oxygens (including phenoxy) is 1.